The number of hydrogen-bond donors (Lipinski definition) is 0. The van der Waals surface area contributed by atoms with E-state index in [2.05, 4.69) is 12.6 Å². The summed E-state index contributed by atoms with van der Waals surface area (Å²) in [4.78, 5) is 10.9. The van der Waals surface area contributed by atoms with Crippen molar-refractivity contribution < 1.29 is 19.0 Å². The van der Waals surface area contributed by atoms with Gasteiger partial charge in [0, 0.05) is 6.08 Å². The van der Waals surface area contributed by atoms with Gasteiger partial charge in [-0.25, -0.2) is 4.79 Å². The zero-order chi connectivity index (χ0) is 16.2. The predicted molar refractivity (Wildman–Crippen MR) is 92.2 cm³/mol. The second-order valence-electron chi connectivity index (χ2n) is 5.04. The molecule has 0 aliphatic carbocycles. The van der Waals surface area contributed by atoms with Gasteiger partial charge in [-0.3, -0.25) is 0 Å². The van der Waals surface area contributed by atoms with Gasteiger partial charge in [-0.1, -0.05) is 44.0 Å². The van der Waals surface area contributed by atoms with E-state index in [1.54, 1.807) is 14.2 Å². The normalized spacial score (nSPS) is 10.6. The van der Waals surface area contributed by atoms with Crippen molar-refractivity contribution in [3.63, 3.8) is 0 Å². The number of carbonyl (C=O) groups is 1. The molecule has 5 heteroatoms. The second kappa shape index (κ2) is 10.9. The molecule has 22 heavy (non-hydrogen) atoms. The molecule has 0 aromatic heterocycles. The van der Waals surface area contributed by atoms with Crippen LogP contribution in [0, 0.1) is 0 Å². The number of esters is 1. The second-order valence-corrected chi connectivity index (χ2v) is 7.01. The van der Waals surface area contributed by atoms with E-state index >= 15 is 0 Å². The average molecular weight is 322 g/mol. The molecule has 0 aliphatic rings. The molecule has 0 fully saturated rings. The van der Waals surface area contributed by atoms with Crippen LogP contribution in [-0.4, -0.2) is 36.3 Å². The minimum atomic E-state index is -0.342. The van der Waals surface area contributed by atoms with E-state index < -0.39 is 0 Å². The number of carbonyl (C=O) groups excluding carboxylic acids is 1. The fraction of sp³-hybridized carbons (Fsp3) is 0.471. The van der Waals surface area contributed by atoms with Gasteiger partial charge in [-0.15, -0.1) is 0 Å². The lowest BCUT2D eigenvalue weighted by atomic mass is 10.2. The van der Waals surface area contributed by atoms with Crippen molar-refractivity contribution in [2.75, 3.05) is 20.8 Å². The number of unbranched alkanes of at least 4 members (excludes halogenated alkanes) is 3. The van der Waals surface area contributed by atoms with Crippen LogP contribution in [0.5, 0.6) is 11.5 Å². The smallest absolute Gasteiger partial charge is 0.330 e. The monoisotopic (exact) mass is 322 g/mol. The Kier molecular flexibility index (Phi) is 9.06. The van der Waals surface area contributed by atoms with Crippen LogP contribution in [0.4, 0.5) is 0 Å². The van der Waals surface area contributed by atoms with Crippen molar-refractivity contribution in [1.29, 1.82) is 0 Å². The Hall–Kier alpha value is -1.75. The van der Waals surface area contributed by atoms with Crippen molar-refractivity contribution in [1.82, 2.24) is 0 Å². The average Bonchev–Trinajstić information content (AvgIpc) is 2.56. The number of ether oxygens (including phenoxy) is 3. The molecule has 0 unspecified atom stereocenters. The molecule has 0 atom stereocenters. The number of rotatable bonds is 11. The molecule has 1 rings (SSSR count). The van der Waals surface area contributed by atoms with Crippen LogP contribution in [0.1, 0.15) is 25.7 Å². The molecular formula is C17H26O4Si. The van der Waals surface area contributed by atoms with E-state index in [9.17, 15) is 4.79 Å². The highest BCUT2D eigenvalue weighted by Crippen LogP contribution is 2.23. The van der Waals surface area contributed by atoms with Crippen LogP contribution in [0.3, 0.4) is 0 Å². The molecule has 0 N–H and O–H groups in total. The van der Waals surface area contributed by atoms with Crippen molar-refractivity contribution in [3.8, 4) is 11.5 Å². The molecule has 0 saturated carbocycles. The van der Waals surface area contributed by atoms with Gasteiger partial charge in [0.25, 0.3) is 0 Å². The predicted octanol–water partition coefficient (Wildman–Crippen LogP) is 2.21. The number of hydrogen-bond acceptors (Lipinski definition) is 4. The van der Waals surface area contributed by atoms with Crippen LogP contribution in [0.15, 0.2) is 30.9 Å². The Labute approximate surface area is 135 Å². The first-order valence-corrected chi connectivity index (χ1v) is 9.42. The molecule has 1 aromatic carbocycles. The van der Waals surface area contributed by atoms with Gasteiger partial charge in [-0.2, -0.15) is 0 Å². The summed E-state index contributed by atoms with van der Waals surface area (Å²) in [6.07, 6.45) is 5.59. The van der Waals surface area contributed by atoms with Crippen molar-refractivity contribution in [2.45, 2.75) is 31.7 Å². The van der Waals surface area contributed by atoms with Crippen molar-refractivity contribution in [2.24, 2.45) is 0 Å². The molecule has 0 aliphatic heterocycles. The standard InChI is InChI=1S/C17H26O4Si/c1-4-16(18)21-12-7-5-6-8-13-22-15-11-9-10-14(19-2)17(15)20-3/h4,9-11H,1,5-8,12-13,22H2,2-3H3. The van der Waals surface area contributed by atoms with E-state index in [0.717, 1.165) is 24.3 Å². The first kappa shape index (κ1) is 18.3. The number of benzene rings is 1. The summed E-state index contributed by atoms with van der Waals surface area (Å²) in [5.74, 6) is 1.38. The van der Waals surface area contributed by atoms with Crippen LogP contribution in [-0.2, 0) is 9.53 Å². The maximum atomic E-state index is 10.9. The topological polar surface area (TPSA) is 44.8 Å². The Morgan fingerprint density at radius 2 is 1.95 bits per heavy atom. The van der Waals surface area contributed by atoms with Gasteiger partial charge in [0.05, 0.1) is 30.3 Å². The Balaban J connectivity index is 2.20. The highest BCUT2D eigenvalue weighted by molar-refractivity contribution is 6.54. The number of para-hydroxylation sites is 1. The fourth-order valence-electron chi connectivity index (χ4n) is 2.33. The SMILES string of the molecule is C=CC(=O)OCCCCCC[SiH2]c1cccc(OC)c1OC. The molecule has 122 valence electrons. The summed E-state index contributed by atoms with van der Waals surface area (Å²) in [6, 6.07) is 7.34. The summed E-state index contributed by atoms with van der Waals surface area (Å²) in [5.41, 5.74) is 0. The Morgan fingerprint density at radius 3 is 2.64 bits per heavy atom. The third-order valence-electron chi connectivity index (χ3n) is 3.49. The van der Waals surface area contributed by atoms with Gasteiger partial charge in [0.15, 0.2) is 11.5 Å². The van der Waals surface area contributed by atoms with Gasteiger partial charge < -0.3 is 14.2 Å². The molecule has 0 saturated heterocycles. The summed E-state index contributed by atoms with van der Waals surface area (Å²) in [6.45, 7) is 3.86. The van der Waals surface area contributed by atoms with E-state index in [1.807, 2.05) is 12.1 Å². The summed E-state index contributed by atoms with van der Waals surface area (Å²) in [7, 11) is 3.02. The molecule has 0 bridgehead atoms. The lowest BCUT2D eigenvalue weighted by molar-refractivity contribution is -0.137. The van der Waals surface area contributed by atoms with Crippen LogP contribution >= 0.6 is 0 Å². The molecule has 0 heterocycles. The summed E-state index contributed by atoms with van der Waals surface area (Å²) in [5, 5.41) is 1.32. The highest BCUT2D eigenvalue weighted by Gasteiger charge is 2.08. The van der Waals surface area contributed by atoms with Crippen molar-refractivity contribution >= 4 is 20.7 Å². The van der Waals surface area contributed by atoms with E-state index in [0.29, 0.717) is 6.61 Å². The molecule has 1 aromatic rings. The van der Waals surface area contributed by atoms with Gasteiger partial charge in [0.1, 0.15) is 0 Å². The minimum absolute atomic E-state index is 0.336. The minimum Gasteiger partial charge on any atom is -0.493 e. The maximum Gasteiger partial charge on any atom is 0.330 e. The molecule has 0 radical (unpaired) electrons. The summed E-state index contributed by atoms with van der Waals surface area (Å²) < 4.78 is 15.7. The zero-order valence-electron chi connectivity index (χ0n) is 13.6. The van der Waals surface area contributed by atoms with Crippen LogP contribution in [0.2, 0.25) is 6.04 Å². The van der Waals surface area contributed by atoms with Crippen LogP contribution in [0.25, 0.3) is 0 Å². The summed E-state index contributed by atoms with van der Waals surface area (Å²) >= 11 is 0. The third kappa shape index (κ3) is 6.35. The zero-order valence-corrected chi connectivity index (χ0v) is 15.0. The van der Waals surface area contributed by atoms with E-state index in [-0.39, 0.29) is 15.5 Å². The number of methoxy groups -OCH3 is 2. The van der Waals surface area contributed by atoms with Crippen molar-refractivity contribution in [3.05, 3.63) is 30.9 Å². The quantitative estimate of drug-likeness (QED) is 0.271. The third-order valence-corrected chi connectivity index (χ3v) is 5.43. The van der Waals surface area contributed by atoms with Crippen LogP contribution < -0.4 is 14.7 Å². The highest BCUT2D eigenvalue weighted by atomic mass is 28.2. The Morgan fingerprint density at radius 1 is 1.18 bits per heavy atom. The first-order valence-electron chi connectivity index (χ1n) is 7.72. The molecule has 0 amide bonds. The fourth-order valence-corrected chi connectivity index (χ4v) is 4.16. The molecular weight excluding hydrogens is 296 g/mol. The maximum absolute atomic E-state index is 10.9. The van der Waals surface area contributed by atoms with E-state index in [1.165, 1.54) is 30.1 Å². The molecule has 0 spiro atoms. The van der Waals surface area contributed by atoms with Gasteiger partial charge in [0.2, 0.25) is 0 Å². The largest absolute Gasteiger partial charge is 0.493 e. The van der Waals surface area contributed by atoms with E-state index in [4.69, 9.17) is 14.2 Å². The van der Waals surface area contributed by atoms with Gasteiger partial charge >= 0.3 is 5.97 Å². The first-order chi connectivity index (χ1) is 10.7. The molecule has 4 nitrogen and oxygen atoms in total. The Bertz CT molecular complexity index is 474. The lowest BCUT2D eigenvalue weighted by Crippen LogP contribution is -2.17. The van der Waals surface area contributed by atoms with Gasteiger partial charge in [-0.05, 0) is 17.7 Å². The lowest BCUT2D eigenvalue weighted by Gasteiger charge is -2.12.